The van der Waals surface area contributed by atoms with Gasteiger partial charge in [-0.15, -0.1) is 0 Å². The first kappa shape index (κ1) is 27.5. The summed E-state index contributed by atoms with van der Waals surface area (Å²) in [6, 6.07) is 14.0. The summed E-state index contributed by atoms with van der Waals surface area (Å²) in [5.74, 6) is 1.81. The minimum Gasteiger partial charge on any atom is -0.454 e. The number of rotatable bonds is 7. The van der Waals surface area contributed by atoms with Gasteiger partial charge in [-0.3, -0.25) is 14.5 Å². The van der Waals surface area contributed by atoms with E-state index in [2.05, 4.69) is 56.1 Å². The third-order valence-electron chi connectivity index (χ3n) is 7.80. The Hall–Kier alpha value is -3.10. The standard InChI is InChI=1S/C31H42N4O4/c1-22-6-5-7-23(14-22)19-35(29(36)17-31(2,3)4)25-16-26(30(37)33-12-10-32-11-13-33)34(20-25)18-24-8-9-27-28(15-24)39-21-38-27/h5-9,14-15,25-26,32H,10-13,16-21H2,1-4H3/t25-,26-/m0/s1. The number of hydrogen-bond acceptors (Lipinski definition) is 6. The van der Waals surface area contributed by atoms with E-state index in [-0.39, 0.29) is 36.1 Å². The molecule has 2 amide bonds. The predicted octanol–water partition coefficient (Wildman–Crippen LogP) is 3.56. The van der Waals surface area contributed by atoms with Crippen molar-refractivity contribution in [3.63, 3.8) is 0 Å². The van der Waals surface area contributed by atoms with Gasteiger partial charge in [-0.1, -0.05) is 56.7 Å². The van der Waals surface area contributed by atoms with Crippen molar-refractivity contribution >= 4 is 11.8 Å². The molecule has 3 aliphatic rings. The fourth-order valence-corrected chi connectivity index (χ4v) is 5.89. The van der Waals surface area contributed by atoms with Gasteiger partial charge in [0.25, 0.3) is 0 Å². The Morgan fingerprint density at radius 1 is 1.03 bits per heavy atom. The van der Waals surface area contributed by atoms with Gasteiger partial charge in [-0.05, 0) is 42.0 Å². The number of aryl methyl sites for hydroxylation is 1. The maximum absolute atomic E-state index is 13.9. The van der Waals surface area contributed by atoms with Gasteiger partial charge >= 0.3 is 0 Å². The minimum absolute atomic E-state index is 0.0498. The SMILES string of the molecule is Cc1cccc(CN(C(=O)CC(C)(C)C)[C@H]2C[C@@H](C(=O)N3CCNCC3)N(Cc3ccc4c(c3)OCO4)C2)c1. The highest BCUT2D eigenvalue weighted by Crippen LogP contribution is 2.35. The Balaban J connectivity index is 1.42. The summed E-state index contributed by atoms with van der Waals surface area (Å²) in [4.78, 5) is 33.9. The monoisotopic (exact) mass is 534 g/mol. The molecule has 0 unspecified atom stereocenters. The summed E-state index contributed by atoms with van der Waals surface area (Å²) in [7, 11) is 0. The number of nitrogens with one attached hydrogen (secondary N) is 1. The van der Waals surface area contributed by atoms with Gasteiger partial charge in [0.05, 0.1) is 6.04 Å². The molecule has 2 aromatic carbocycles. The number of carbonyl (C=O) groups excluding carboxylic acids is 2. The maximum Gasteiger partial charge on any atom is 0.240 e. The van der Waals surface area contributed by atoms with Crippen LogP contribution in [0, 0.1) is 12.3 Å². The second-order valence-electron chi connectivity index (χ2n) is 12.3. The topological polar surface area (TPSA) is 74.4 Å². The molecule has 1 N–H and O–H groups in total. The average Bonchev–Trinajstić information content (AvgIpc) is 3.53. The smallest absolute Gasteiger partial charge is 0.240 e. The third-order valence-corrected chi connectivity index (χ3v) is 7.80. The van der Waals surface area contributed by atoms with Crippen molar-refractivity contribution in [2.24, 2.45) is 5.41 Å². The lowest BCUT2D eigenvalue weighted by atomic mass is 9.91. The number of carbonyl (C=O) groups is 2. The van der Waals surface area contributed by atoms with Crippen LogP contribution in [-0.4, -0.2) is 78.1 Å². The van der Waals surface area contributed by atoms with E-state index in [0.717, 1.165) is 35.7 Å². The van der Waals surface area contributed by atoms with Crippen molar-refractivity contribution < 1.29 is 19.1 Å². The molecule has 0 radical (unpaired) electrons. The van der Waals surface area contributed by atoms with E-state index in [4.69, 9.17) is 9.47 Å². The fourth-order valence-electron chi connectivity index (χ4n) is 5.89. The average molecular weight is 535 g/mol. The van der Waals surface area contributed by atoms with Crippen molar-refractivity contribution in [1.82, 2.24) is 20.0 Å². The van der Waals surface area contributed by atoms with E-state index in [1.807, 2.05) is 34.1 Å². The lowest BCUT2D eigenvalue weighted by Gasteiger charge is -2.33. The molecule has 0 spiro atoms. The zero-order valence-corrected chi connectivity index (χ0v) is 23.7. The summed E-state index contributed by atoms with van der Waals surface area (Å²) >= 11 is 0. The van der Waals surface area contributed by atoms with Crippen LogP contribution in [0.2, 0.25) is 0 Å². The summed E-state index contributed by atoms with van der Waals surface area (Å²) in [5.41, 5.74) is 3.25. The van der Waals surface area contributed by atoms with Gasteiger partial charge in [0, 0.05) is 58.3 Å². The Kier molecular flexibility index (Phi) is 8.14. The first-order valence-corrected chi connectivity index (χ1v) is 14.1. The second-order valence-corrected chi connectivity index (χ2v) is 12.3. The van der Waals surface area contributed by atoms with E-state index < -0.39 is 0 Å². The molecule has 2 aromatic rings. The highest BCUT2D eigenvalue weighted by atomic mass is 16.7. The number of nitrogens with zero attached hydrogens (tertiary/aromatic N) is 3. The van der Waals surface area contributed by atoms with E-state index >= 15 is 0 Å². The molecule has 3 heterocycles. The van der Waals surface area contributed by atoms with Gasteiger partial charge in [-0.25, -0.2) is 0 Å². The number of fused-ring (bicyclic) bond motifs is 1. The highest BCUT2D eigenvalue weighted by Gasteiger charge is 2.42. The molecular formula is C31H42N4O4. The lowest BCUT2D eigenvalue weighted by Crippen LogP contribution is -2.52. The number of piperazine rings is 1. The molecule has 2 saturated heterocycles. The van der Waals surface area contributed by atoms with Crippen molar-refractivity contribution in [2.75, 3.05) is 39.5 Å². The largest absolute Gasteiger partial charge is 0.454 e. The van der Waals surface area contributed by atoms with Crippen molar-refractivity contribution in [2.45, 2.75) is 65.7 Å². The Morgan fingerprint density at radius 2 is 1.79 bits per heavy atom. The molecule has 2 fully saturated rings. The Morgan fingerprint density at radius 3 is 2.54 bits per heavy atom. The molecule has 2 atom stereocenters. The summed E-state index contributed by atoms with van der Waals surface area (Å²) in [6.07, 6.45) is 1.10. The maximum atomic E-state index is 13.9. The van der Waals surface area contributed by atoms with Crippen LogP contribution in [0.4, 0.5) is 0 Å². The van der Waals surface area contributed by atoms with Gasteiger partial charge in [0.2, 0.25) is 18.6 Å². The van der Waals surface area contributed by atoms with Crippen LogP contribution in [0.25, 0.3) is 0 Å². The minimum atomic E-state index is -0.277. The summed E-state index contributed by atoms with van der Waals surface area (Å²) in [5, 5.41) is 3.34. The first-order chi connectivity index (χ1) is 18.7. The molecule has 8 heteroatoms. The van der Waals surface area contributed by atoms with Gasteiger partial charge in [0.1, 0.15) is 0 Å². The van der Waals surface area contributed by atoms with Crippen LogP contribution < -0.4 is 14.8 Å². The second kappa shape index (κ2) is 11.6. The number of benzene rings is 2. The molecule has 8 nitrogen and oxygen atoms in total. The molecule has 3 aliphatic heterocycles. The highest BCUT2D eigenvalue weighted by molar-refractivity contribution is 5.83. The quantitative estimate of drug-likeness (QED) is 0.586. The molecular weight excluding hydrogens is 492 g/mol. The van der Waals surface area contributed by atoms with Crippen LogP contribution in [0.1, 0.15) is 50.3 Å². The lowest BCUT2D eigenvalue weighted by molar-refractivity contribution is -0.138. The van der Waals surface area contributed by atoms with Gasteiger partial charge < -0.3 is 24.6 Å². The number of likely N-dealkylation sites (tertiary alicyclic amines) is 1. The van der Waals surface area contributed by atoms with Crippen LogP contribution in [-0.2, 0) is 22.7 Å². The van der Waals surface area contributed by atoms with Crippen LogP contribution in [0.3, 0.4) is 0 Å². The third kappa shape index (κ3) is 6.73. The van der Waals surface area contributed by atoms with Crippen LogP contribution in [0.15, 0.2) is 42.5 Å². The molecule has 210 valence electrons. The predicted molar refractivity (Wildman–Crippen MR) is 150 cm³/mol. The van der Waals surface area contributed by atoms with E-state index in [1.54, 1.807) is 0 Å². The normalized spacial score (nSPS) is 21.3. The van der Waals surface area contributed by atoms with E-state index in [9.17, 15) is 9.59 Å². The van der Waals surface area contributed by atoms with Gasteiger partial charge in [0.15, 0.2) is 11.5 Å². The van der Waals surface area contributed by atoms with Crippen molar-refractivity contribution in [1.29, 1.82) is 0 Å². The zero-order valence-electron chi connectivity index (χ0n) is 23.7. The number of ether oxygens (including phenoxy) is 2. The molecule has 5 rings (SSSR count). The molecule has 0 aliphatic carbocycles. The molecule has 0 aromatic heterocycles. The van der Waals surface area contributed by atoms with E-state index in [1.165, 1.54) is 5.56 Å². The number of amides is 2. The molecule has 0 bridgehead atoms. The van der Waals surface area contributed by atoms with Crippen molar-refractivity contribution in [3.8, 4) is 11.5 Å². The molecule has 39 heavy (non-hydrogen) atoms. The first-order valence-electron chi connectivity index (χ1n) is 14.1. The number of hydrogen-bond donors (Lipinski definition) is 1. The Bertz CT molecular complexity index is 1190. The van der Waals surface area contributed by atoms with E-state index in [0.29, 0.717) is 45.6 Å². The fraction of sp³-hybridized carbons (Fsp3) is 0.548. The summed E-state index contributed by atoms with van der Waals surface area (Å²) in [6.45, 7) is 13.5. The zero-order chi connectivity index (χ0) is 27.6. The molecule has 0 saturated carbocycles. The van der Waals surface area contributed by atoms with Crippen molar-refractivity contribution in [3.05, 3.63) is 59.2 Å². The van der Waals surface area contributed by atoms with Gasteiger partial charge in [-0.2, -0.15) is 0 Å². The van der Waals surface area contributed by atoms with Crippen LogP contribution in [0.5, 0.6) is 11.5 Å². The summed E-state index contributed by atoms with van der Waals surface area (Å²) < 4.78 is 11.1. The van der Waals surface area contributed by atoms with Crippen LogP contribution >= 0.6 is 0 Å². The Labute approximate surface area is 232 Å².